The van der Waals surface area contributed by atoms with E-state index in [4.69, 9.17) is 0 Å². The Bertz CT molecular complexity index is 311. The first kappa shape index (κ1) is 13.2. The van der Waals surface area contributed by atoms with Crippen molar-refractivity contribution in [3.8, 4) is 0 Å². The quantitative estimate of drug-likeness (QED) is 0.826. The Kier molecular flexibility index (Phi) is 4.48. The maximum Gasteiger partial charge on any atom is 0.123 e. The minimum Gasteiger partial charge on any atom is -0.396 e. The normalized spacial score (nSPS) is 13.8. The molecular formula is C14H21FO. The van der Waals surface area contributed by atoms with Gasteiger partial charge in [0, 0.05) is 12.5 Å². The van der Waals surface area contributed by atoms with Crippen molar-refractivity contribution in [1.29, 1.82) is 0 Å². The van der Waals surface area contributed by atoms with Crippen molar-refractivity contribution in [1.82, 2.24) is 0 Å². The fourth-order valence-corrected chi connectivity index (χ4v) is 1.71. The second kappa shape index (κ2) is 5.44. The van der Waals surface area contributed by atoms with Crippen molar-refractivity contribution in [3.05, 3.63) is 35.6 Å². The Labute approximate surface area is 97.3 Å². The minimum atomic E-state index is -0.226. The zero-order chi connectivity index (χ0) is 12.2. The third-order valence-electron chi connectivity index (χ3n) is 2.80. The lowest BCUT2D eigenvalue weighted by Crippen LogP contribution is -2.11. The molecule has 0 radical (unpaired) electrons. The second-order valence-corrected chi connectivity index (χ2v) is 5.53. The van der Waals surface area contributed by atoms with E-state index < -0.39 is 0 Å². The third-order valence-corrected chi connectivity index (χ3v) is 2.80. The predicted octanol–water partition coefficient (Wildman–Crippen LogP) is 3.73. The molecule has 90 valence electrons. The van der Waals surface area contributed by atoms with E-state index in [1.165, 1.54) is 12.1 Å². The lowest BCUT2D eigenvalue weighted by atomic mass is 9.84. The highest BCUT2D eigenvalue weighted by molar-refractivity contribution is 5.20. The van der Waals surface area contributed by atoms with Crippen LogP contribution in [-0.2, 0) is 0 Å². The summed E-state index contributed by atoms with van der Waals surface area (Å²) >= 11 is 0. The molecule has 0 bridgehead atoms. The fraction of sp³-hybridized carbons (Fsp3) is 0.571. The SMILES string of the molecule is CC(C)(C)CCC(CO)c1ccc(F)cc1. The van der Waals surface area contributed by atoms with Gasteiger partial charge in [0.15, 0.2) is 0 Å². The van der Waals surface area contributed by atoms with E-state index in [9.17, 15) is 9.50 Å². The van der Waals surface area contributed by atoms with Gasteiger partial charge < -0.3 is 5.11 Å². The molecule has 0 spiro atoms. The molecule has 0 aliphatic carbocycles. The number of hydrogen-bond donors (Lipinski definition) is 1. The summed E-state index contributed by atoms with van der Waals surface area (Å²) in [5, 5.41) is 9.35. The molecule has 0 fully saturated rings. The van der Waals surface area contributed by atoms with Crippen LogP contribution in [0.5, 0.6) is 0 Å². The molecule has 1 aromatic carbocycles. The van der Waals surface area contributed by atoms with Crippen LogP contribution in [-0.4, -0.2) is 11.7 Å². The lowest BCUT2D eigenvalue weighted by Gasteiger charge is -2.22. The number of hydrogen-bond acceptors (Lipinski definition) is 1. The van der Waals surface area contributed by atoms with Crippen molar-refractivity contribution in [3.63, 3.8) is 0 Å². The largest absolute Gasteiger partial charge is 0.396 e. The molecule has 0 amide bonds. The standard InChI is InChI=1S/C14H21FO/c1-14(2,3)9-8-12(10-16)11-4-6-13(15)7-5-11/h4-7,12,16H,8-10H2,1-3H3. The molecule has 0 saturated heterocycles. The smallest absolute Gasteiger partial charge is 0.123 e. The van der Waals surface area contributed by atoms with Crippen molar-refractivity contribution in [2.75, 3.05) is 6.61 Å². The molecule has 2 heteroatoms. The predicted molar refractivity (Wildman–Crippen MR) is 64.9 cm³/mol. The summed E-state index contributed by atoms with van der Waals surface area (Å²) in [6.07, 6.45) is 1.99. The molecule has 1 atom stereocenters. The molecule has 1 aromatic rings. The van der Waals surface area contributed by atoms with Crippen LogP contribution < -0.4 is 0 Å². The van der Waals surface area contributed by atoms with Crippen LogP contribution in [0.3, 0.4) is 0 Å². The van der Waals surface area contributed by atoms with Gasteiger partial charge in [-0.1, -0.05) is 32.9 Å². The number of aliphatic hydroxyl groups excluding tert-OH is 1. The molecule has 0 heterocycles. The summed E-state index contributed by atoms with van der Waals surface area (Å²) in [7, 11) is 0. The first-order chi connectivity index (χ1) is 7.42. The maximum atomic E-state index is 12.8. The summed E-state index contributed by atoms with van der Waals surface area (Å²) in [4.78, 5) is 0. The van der Waals surface area contributed by atoms with E-state index in [1.54, 1.807) is 12.1 Å². The van der Waals surface area contributed by atoms with E-state index >= 15 is 0 Å². The van der Waals surface area contributed by atoms with E-state index in [0.29, 0.717) is 0 Å². The number of benzene rings is 1. The highest BCUT2D eigenvalue weighted by Gasteiger charge is 2.16. The van der Waals surface area contributed by atoms with Gasteiger partial charge in [0.2, 0.25) is 0 Å². The van der Waals surface area contributed by atoms with E-state index in [0.717, 1.165) is 18.4 Å². The second-order valence-electron chi connectivity index (χ2n) is 5.53. The average molecular weight is 224 g/mol. The summed E-state index contributed by atoms with van der Waals surface area (Å²) < 4.78 is 12.8. The molecule has 0 saturated carbocycles. The van der Waals surface area contributed by atoms with Gasteiger partial charge >= 0.3 is 0 Å². The first-order valence-corrected chi connectivity index (χ1v) is 5.79. The Morgan fingerprint density at radius 3 is 2.19 bits per heavy atom. The van der Waals surface area contributed by atoms with E-state index in [2.05, 4.69) is 20.8 Å². The molecular weight excluding hydrogens is 203 g/mol. The van der Waals surface area contributed by atoms with Crippen molar-refractivity contribution >= 4 is 0 Å². The fourth-order valence-electron chi connectivity index (χ4n) is 1.71. The Morgan fingerprint density at radius 1 is 1.19 bits per heavy atom. The van der Waals surface area contributed by atoms with Crippen LogP contribution in [0.4, 0.5) is 4.39 Å². The van der Waals surface area contributed by atoms with Crippen LogP contribution in [0, 0.1) is 11.2 Å². The molecule has 0 aliphatic heterocycles. The molecule has 1 N–H and O–H groups in total. The van der Waals surface area contributed by atoms with Crippen LogP contribution in [0.15, 0.2) is 24.3 Å². The van der Waals surface area contributed by atoms with Gasteiger partial charge in [-0.15, -0.1) is 0 Å². The highest BCUT2D eigenvalue weighted by atomic mass is 19.1. The van der Waals surface area contributed by atoms with Crippen LogP contribution in [0.25, 0.3) is 0 Å². The zero-order valence-electron chi connectivity index (χ0n) is 10.3. The summed E-state index contributed by atoms with van der Waals surface area (Å²) in [6.45, 7) is 6.69. The van der Waals surface area contributed by atoms with Crippen molar-refractivity contribution in [2.45, 2.75) is 39.5 Å². The first-order valence-electron chi connectivity index (χ1n) is 5.79. The van der Waals surface area contributed by atoms with Crippen LogP contribution in [0.2, 0.25) is 0 Å². The Hall–Kier alpha value is -0.890. The monoisotopic (exact) mass is 224 g/mol. The summed E-state index contributed by atoms with van der Waals surface area (Å²) in [5.41, 5.74) is 1.29. The Balaban J connectivity index is 2.64. The topological polar surface area (TPSA) is 20.2 Å². The molecule has 1 unspecified atom stereocenters. The van der Waals surface area contributed by atoms with Crippen molar-refractivity contribution < 1.29 is 9.50 Å². The van der Waals surface area contributed by atoms with Gasteiger partial charge in [-0.05, 0) is 36.0 Å². The number of rotatable bonds is 4. The third kappa shape index (κ3) is 4.31. The summed E-state index contributed by atoms with van der Waals surface area (Å²) in [5.74, 6) is -0.101. The van der Waals surface area contributed by atoms with Gasteiger partial charge in [0.1, 0.15) is 5.82 Å². The molecule has 16 heavy (non-hydrogen) atoms. The van der Waals surface area contributed by atoms with Gasteiger partial charge in [-0.2, -0.15) is 0 Å². The maximum absolute atomic E-state index is 12.8. The Morgan fingerprint density at radius 2 is 1.75 bits per heavy atom. The average Bonchev–Trinajstić information content (AvgIpc) is 2.20. The van der Waals surface area contributed by atoms with Gasteiger partial charge in [0.05, 0.1) is 0 Å². The minimum absolute atomic E-state index is 0.125. The number of halogens is 1. The van der Waals surface area contributed by atoms with Crippen molar-refractivity contribution in [2.24, 2.45) is 5.41 Å². The van der Waals surface area contributed by atoms with Gasteiger partial charge in [0.25, 0.3) is 0 Å². The number of aliphatic hydroxyl groups is 1. The van der Waals surface area contributed by atoms with Crippen LogP contribution in [0.1, 0.15) is 45.1 Å². The molecule has 0 aliphatic rings. The summed E-state index contributed by atoms with van der Waals surface area (Å²) in [6, 6.07) is 6.43. The zero-order valence-corrected chi connectivity index (χ0v) is 10.3. The molecule has 0 aromatic heterocycles. The van der Waals surface area contributed by atoms with Gasteiger partial charge in [-0.3, -0.25) is 0 Å². The molecule has 1 nitrogen and oxygen atoms in total. The highest BCUT2D eigenvalue weighted by Crippen LogP contribution is 2.28. The molecule has 1 rings (SSSR count). The lowest BCUT2D eigenvalue weighted by molar-refractivity contribution is 0.241. The van der Waals surface area contributed by atoms with E-state index in [-0.39, 0.29) is 23.8 Å². The van der Waals surface area contributed by atoms with Gasteiger partial charge in [-0.25, -0.2) is 4.39 Å². The van der Waals surface area contributed by atoms with E-state index in [1.807, 2.05) is 0 Å². The van der Waals surface area contributed by atoms with Crippen LogP contribution >= 0.6 is 0 Å².